The summed E-state index contributed by atoms with van der Waals surface area (Å²) in [6.07, 6.45) is 2.05. The summed E-state index contributed by atoms with van der Waals surface area (Å²) in [6.45, 7) is 0. The van der Waals surface area contributed by atoms with Crippen LogP contribution in [0, 0.1) is 0 Å². The van der Waals surface area contributed by atoms with Crippen LogP contribution in [0.1, 0.15) is 28.8 Å². The molecule has 1 N–H and O–H groups in total. The van der Waals surface area contributed by atoms with E-state index in [2.05, 4.69) is 15.5 Å². The summed E-state index contributed by atoms with van der Waals surface area (Å²) < 4.78 is 7.34. The zero-order valence-corrected chi connectivity index (χ0v) is 20.0. The van der Waals surface area contributed by atoms with Crippen molar-refractivity contribution in [3.05, 3.63) is 83.9 Å². The lowest BCUT2D eigenvalue weighted by molar-refractivity contribution is -0.116. The van der Waals surface area contributed by atoms with Crippen LogP contribution >= 0.6 is 11.8 Å². The molecule has 1 aliphatic heterocycles. The molecule has 0 aliphatic carbocycles. The Labute approximate surface area is 207 Å². The fraction of sp³-hybridized carbons (Fsp3) is 0.185. The van der Waals surface area contributed by atoms with Crippen molar-refractivity contribution in [1.82, 2.24) is 14.8 Å². The number of hydrogen-bond acceptors (Lipinski definition) is 6. The van der Waals surface area contributed by atoms with Gasteiger partial charge in [0.25, 0.3) is 0 Å². The molecule has 5 rings (SSSR count). The Hall–Kier alpha value is -3.91. The minimum atomic E-state index is -0.00100. The summed E-state index contributed by atoms with van der Waals surface area (Å²) in [6, 6.07) is 23.0. The Bertz CT molecular complexity index is 1380. The van der Waals surface area contributed by atoms with Crippen molar-refractivity contribution in [1.29, 1.82) is 0 Å². The number of aryl methyl sites for hydroxylation is 1. The molecule has 0 radical (unpaired) electrons. The number of hydrogen-bond donors (Lipinski definition) is 1. The van der Waals surface area contributed by atoms with Gasteiger partial charge in [-0.3, -0.25) is 14.2 Å². The van der Waals surface area contributed by atoms with Crippen LogP contribution in [0.3, 0.4) is 0 Å². The quantitative estimate of drug-likeness (QED) is 0.287. The first-order valence-electron chi connectivity index (χ1n) is 11.4. The fourth-order valence-electron chi connectivity index (χ4n) is 4.08. The third kappa shape index (κ3) is 4.97. The number of amides is 1. The lowest BCUT2D eigenvalue weighted by Crippen LogP contribution is -2.10. The summed E-state index contributed by atoms with van der Waals surface area (Å²) in [5.41, 5.74) is 4.20. The molecular weight excluding hydrogens is 460 g/mol. The van der Waals surface area contributed by atoms with Gasteiger partial charge in [0.05, 0.1) is 12.9 Å². The second kappa shape index (κ2) is 10.1. The second-order valence-electron chi connectivity index (χ2n) is 8.19. The van der Waals surface area contributed by atoms with E-state index in [0.29, 0.717) is 23.0 Å². The number of ether oxygens (including phenoxy) is 1. The molecule has 176 valence electrons. The Morgan fingerprint density at radius 2 is 1.89 bits per heavy atom. The number of nitrogens with one attached hydrogen (secondary N) is 1. The molecule has 0 saturated carbocycles. The van der Waals surface area contributed by atoms with E-state index in [1.807, 2.05) is 71.3 Å². The van der Waals surface area contributed by atoms with Gasteiger partial charge in [0.2, 0.25) is 5.91 Å². The highest BCUT2D eigenvalue weighted by atomic mass is 32.2. The Kier molecular flexibility index (Phi) is 6.63. The normalized spacial score (nSPS) is 13.0. The third-order valence-electron chi connectivity index (χ3n) is 5.86. The van der Waals surface area contributed by atoms with E-state index in [9.17, 15) is 9.59 Å². The molecule has 0 bridgehead atoms. The average molecular weight is 485 g/mol. The van der Waals surface area contributed by atoms with Crippen molar-refractivity contribution in [2.24, 2.45) is 0 Å². The van der Waals surface area contributed by atoms with Crippen LogP contribution in [0.5, 0.6) is 5.75 Å². The first-order valence-corrected chi connectivity index (χ1v) is 12.3. The van der Waals surface area contributed by atoms with Gasteiger partial charge < -0.3 is 10.1 Å². The van der Waals surface area contributed by atoms with Gasteiger partial charge >= 0.3 is 0 Å². The van der Waals surface area contributed by atoms with E-state index in [4.69, 9.17) is 4.74 Å². The number of para-hydroxylation sites is 1. The second-order valence-corrected chi connectivity index (χ2v) is 9.14. The summed E-state index contributed by atoms with van der Waals surface area (Å²) >= 11 is 1.35. The predicted molar refractivity (Wildman–Crippen MR) is 136 cm³/mol. The molecule has 0 fully saturated rings. The molecule has 1 aromatic heterocycles. The molecular formula is C27H24N4O3S. The van der Waals surface area contributed by atoms with E-state index in [-0.39, 0.29) is 17.4 Å². The van der Waals surface area contributed by atoms with Crippen LogP contribution in [0.2, 0.25) is 0 Å². The number of aromatic nitrogens is 3. The van der Waals surface area contributed by atoms with Gasteiger partial charge in [-0.1, -0.05) is 42.1 Å². The summed E-state index contributed by atoms with van der Waals surface area (Å²) in [5, 5.41) is 12.4. The first kappa shape index (κ1) is 22.9. The lowest BCUT2D eigenvalue weighted by Gasteiger charge is -2.11. The van der Waals surface area contributed by atoms with E-state index in [1.54, 1.807) is 13.2 Å². The maximum Gasteiger partial charge on any atom is 0.224 e. The number of rotatable bonds is 7. The highest BCUT2D eigenvalue weighted by Crippen LogP contribution is 2.30. The molecule has 0 unspecified atom stereocenters. The number of ketones is 1. The predicted octanol–water partition coefficient (Wildman–Crippen LogP) is 5.19. The molecule has 1 aliphatic rings. The Morgan fingerprint density at radius 3 is 2.71 bits per heavy atom. The maximum atomic E-state index is 13.1. The van der Waals surface area contributed by atoms with Crippen LogP contribution in [0.25, 0.3) is 17.1 Å². The van der Waals surface area contributed by atoms with Crippen molar-refractivity contribution in [2.45, 2.75) is 24.4 Å². The number of methoxy groups -OCH3 is 1. The molecule has 8 heteroatoms. The van der Waals surface area contributed by atoms with Crippen molar-refractivity contribution in [3.8, 4) is 22.8 Å². The summed E-state index contributed by atoms with van der Waals surface area (Å²) in [4.78, 5) is 24.9. The number of benzene rings is 3. The van der Waals surface area contributed by atoms with Gasteiger partial charge in [0.1, 0.15) is 5.75 Å². The first-order chi connectivity index (χ1) is 17.1. The van der Waals surface area contributed by atoms with Crippen LogP contribution in [0.15, 0.2) is 78.0 Å². The number of anilines is 1. The monoisotopic (exact) mass is 484 g/mol. The van der Waals surface area contributed by atoms with Gasteiger partial charge in [0, 0.05) is 28.9 Å². The number of thioether (sulfide) groups is 1. The number of carbonyl (C=O) groups excluding carboxylic acids is 2. The molecule has 0 saturated heterocycles. The largest absolute Gasteiger partial charge is 0.497 e. The molecule has 3 aromatic carbocycles. The summed E-state index contributed by atoms with van der Waals surface area (Å²) in [5.74, 6) is 1.64. The van der Waals surface area contributed by atoms with Crippen LogP contribution in [0.4, 0.5) is 5.69 Å². The van der Waals surface area contributed by atoms with Gasteiger partial charge in [-0.15, -0.1) is 10.2 Å². The average Bonchev–Trinajstić information content (AvgIpc) is 3.23. The van der Waals surface area contributed by atoms with Gasteiger partial charge in [-0.2, -0.15) is 0 Å². The van der Waals surface area contributed by atoms with E-state index < -0.39 is 0 Å². The maximum absolute atomic E-state index is 13.1. The number of nitrogens with zero attached hydrogens (tertiary/aromatic N) is 3. The summed E-state index contributed by atoms with van der Waals surface area (Å²) in [7, 11) is 1.63. The Balaban J connectivity index is 1.42. The van der Waals surface area contributed by atoms with Crippen molar-refractivity contribution in [3.63, 3.8) is 0 Å². The van der Waals surface area contributed by atoms with Crippen molar-refractivity contribution in [2.75, 3.05) is 18.2 Å². The molecule has 0 atom stereocenters. The van der Waals surface area contributed by atoms with Gasteiger partial charge in [0.15, 0.2) is 16.8 Å². The molecule has 35 heavy (non-hydrogen) atoms. The van der Waals surface area contributed by atoms with Gasteiger partial charge in [-0.25, -0.2) is 0 Å². The van der Waals surface area contributed by atoms with E-state index in [1.165, 1.54) is 11.8 Å². The molecule has 4 aromatic rings. The highest BCUT2D eigenvalue weighted by Gasteiger charge is 2.19. The van der Waals surface area contributed by atoms with Crippen LogP contribution in [-0.4, -0.2) is 39.3 Å². The topological polar surface area (TPSA) is 86.1 Å². The fourth-order valence-corrected chi connectivity index (χ4v) is 4.93. The van der Waals surface area contributed by atoms with E-state index >= 15 is 0 Å². The smallest absolute Gasteiger partial charge is 0.224 e. The number of Topliss-reactive ketones (excluding diaryl/α,β-unsaturated/α-hetero) is 1. The van der Waals surface area contributed by atoms with Crippen molar-refractivity contribution >= 4 is 29.1 Å². The molecule has 0 spiro atoms. The standard InChI is InChI=1S/C27H24N4O3S/c1-34-22-11-5-8-20(16-22)26-29-30-27(31(26)21-9-3-2-4-10-21)35-17-24(32)19-13-14-23-18(15-19)7-6-12-25(33)28-23/h2-5,8-11,13-16H,6-7,12,17H2,1H3,(H,28,33). The minimum Gasteiger partial charge on any atom is -0.497 e. The zero-order chi connectivity index (χ0) is 24.2. The number of fused-ring (bicyclic) bond motifs is 1. The van der Waals surface area contributed by atoms with Gasteiger partial charge in [-0.05, 0) is 60.9 Å². The molecule has 1 amide bonds. The molecule has 2 heterocycles. The Morgan fingerprint density at radius 1 is 1.03 bits per heavy atom. The SMILES string of the molecule is COc1cccc(-c2nnc(SCC(=O)c3ccc4c(c3)CCCC(=O)N4)n2-c2ccccc2)c1. The van der Waals surface area contributed by atoms with Crippen LogP contribution in [-0.2, 0) is 11.2 Å². The molecule has 7 nitrogen and oxygen atoms in total. The zero-order valence-electron chi connectivity index (χ0n) is 19.2. The highest BCUT2D eigenvalue weighted by molar-refractivity contribution is 7.99. The number of carbonyl (C=O) groups is 2. The van der Waals surface area contributed by atoms with Crippen molar-refractivity contribution < 1.29 is 14.3 Å². The van der Waals surface area contributed by atoms with E-state index in [0.717, 1.165) is 41.1 Å². The third-order valence-corrected chi connectivity index (χ3v) is 6.79. The van der Waals surface area contributed by atoms with Crippen LogP contribution < -0.4 is 10.1 Å². The minimum absolute atomic E-state index is 0.00100. The lowest BCUT2D eigenvalue weighted by atomic mass is 10.0.